The van der Waals surface area contributed by atoms with Gasteiger partial charge < -0.3 is 9.47 Å². The Morgan fingerprint density at radius 2 is 1.73 bits per heavy atom. The van der Waals surface area contributed by atoms with E-state index in [4.69, 9.17) is 9.47 Å². The van der Waals surface area contributed by atoms with Crippen molar-refractivity contribution in [3.8, 4) is 5.75 Å². The molecule has 2 aromatic carbocycles. The van der Waals surface area contributed by atoms with Gasteiger partial charge in [-0.2, -0.15) is 0 Å². The first kappa shape index (κ1) is 15.7. The van der Waals surface area contributed by atoms with Crippen LogP contribution in [0.3, 0.4) is 0 Å². The number of esters is 1. The van der Waals surface area contributed by atoms with Gasteiger partial charge in [0, 0.05) is 5.56 Å². The number of hydrogen-bond acceptors (Lipinski definition) is 4. The Morgan fingerprint density at radius 3 is 2.41 bits per heavy atom. The Bertz CT molecular complexity index is 665. The second kappa shape index (κ2) is 7.36. The Morgan fingerprint density at radius 1 is 1.05 bits per heavy atom. The first-order chi connectivity index (χ1) is 10.6. The first-order valence-electron chi connectivity index (χ1n) is 6.79. The first-order valence-corrected chi connectivity index (χ1v) is 6.79. The number of benzene rings is 2. The molecule has 0 aliphatic rings. The molecule has 0 saturated heterocycles. The zero-order chi connectivity index (χ0) is 15.9. The molecular formula is C17H15FO4. The van der Waals surface area contributed by atoms with Crippen LogP contribution >= 0.6 is 0 Å². The molecule has 0 amide bonds. The van der Waals surface area contributed by atoms with Crippen molar-refractivity contribution in [1.29, 1.82) is 0 Å². The van der Waals surface area contributed by atoms with Crippen LogP contribution in [-0.2, 0) is 9.53 Å². The Kier molecular flexibility index (Phi) is 5.25. The molecule has 0 bridgehead atoms. The molecule has 0 saturated carbocycles. The van der Waals surface area contributed by atoms with Crippen LogP contribution in [0.5, 0.6) is 5.75 Å². The molecule has 22 heavy (non-hydrogen) atoms. The average molecular weight is 302 g/mol. The van der Waals surface area contributed by atoms with Crippen LogP contribution in [0.2, 0.25) is 0 Å². The fraction of sp³-hybridized carbons (Fsp3) is 0.176. The van der Waals surface area contributed by atoms with Crippen LogP contribution in [0, 0.1) is 5.82 Å². The molecule has 0 spiro atoms. The highest BCUT2D eigenvalue weighted by atomic mass is 19.1. The van der Waals surface area contributed by atoms with Crippen LogP contribution < -0.4 is 4.74 Å². The van der Waals surface area contributed by atoms with Crippen LogP contribution in [0.15, 0.2) is 48.5 Å². The van der Waals surface area contributed by atoms with Crippen molar-refractivity contribution in [3.63, 3.8) is 0 Å². The minimum Gasteiger partial charge on any atom is -0.481 e. The number of ether oxygens (including phenoxy) is 2. The summed E-state index contributed by atoms with van der Waals surface area (Å²) in [6.45, 7) is 1.68. The smallest absolute Gasteiger partial charge is 0.344 e. The van der Waals surface area contributed by atoms with Gasteiger partial charge in [0.15, 0.2) is 12.4 Å². The summed E-state index contributed by atoms with van der Waals surface area (Å²) in [4.78, 5) is 23.8. The number of ketones is 1. The Labute approximate surface area is 127 Å². The number of para-hydroxylation sites is 1. The van der Waals surface area contributed by atoms with Crippen molar-refractivity contribution in [1.82, 2.24) is 0 Å². The number of hydrogen-bond donors (Lipinski definition) is 0. The number of halogens is 1. The maximum Gasteiger partial charge on any atom is 0.344 e. The van der Waals surface area contributed by atoms with Gasteiger partial charge >= 0.3 is 5.97 Å². The third-order valence-corrected chi connectivity index (χ3v) is 2.89. The van der Waals surface area contributed by atoms with Gasteiger partial charge in [0.2, 0.25) is 0 Å². The van der Waals surface area contributed by atoms with E-state index in [1.54, 1.807) is 31.2 Å². The summed E-state index contributed by atoms with van der Waals surface area (Å²) in [5, 5.41) is 0. The van der Waals surface area contributed by atoms with E-state index in [0.717, 1.165) is 0 Å². The van der Waals surface area contributed by atoms with Gasteiger partial charge in [-0.1, -0.05) is 12.1 Å². The maximum absolute atomic E-state index is 12.9. The lowest BCUT2D eigenvalue weighted by atomic mass is 10.0. The van der Waals surface area contributed by atoms with Crippen molar-refractivity contribution in [2.75, 3.05) is 13.2 Å². The molecule has 0 atom stereocenters. The van der Waals surface area contributed by atoms with Crippen molar-refractivity contribution in [3.05, 3.63) is 65.5 Å². The third kappa shape index (κ3) is 3.91. The van der Waals surface area contributed by atoms with E-state index in [1.165, 1.54) is 24.3 Å². The lowest BCUT2D eigenvalue weighted by molar-refractivity contribution is -0.145. The van der Waals surface area contributed by atoms with Gasteiger partial charge in [0.1, 0.15) is 11.6 Å². The summed E-state index contributed by atoms with van der Waals surface area (Å²) in [6.07, 6.45) is 0. The topological polar surface area (TPSA) is 52.6 Å². The highest BCUT2D eigenvalue weighted by molar-refractivity contribution is 6.10. The van der Waals surface area contributed by atoms with E-state index < -0.39 is 11.8 Å². The second-order valence-electron chi connectivity index (χ2n) is 4.43. The van der Waals surface area contributed by atoms with Crippen LogP contribution in [0.1, 0.15) is 22.8 Å². The zero-order valence-corrected chi connectivity index (χ0v) is 12.0. The van der Waals surface area contributed by atoms with E-state index in [1.807, 2.05) is 0 Å². The molecule has 2 aromatic rings. The standard InChI is InChI=1S/C17H15FO4/c1-2-21-16(19)11-22-15-6-4-3-5-14(15)17(20)12-7-9-13(18)10-8-12/h3-10H,2,11H2,1H3. The predicted octanol–water partition coefficient (Wildman–Crippen LogP) is 3.00. The van der Waals surface area contributed by atoms with Gasteiger partial charge in [0.05, 0.1) is 12.2 Å². The van der Waals surface area contributed by atoms with E-state index in [2.05, 4.69) is 0 Å². The van der Waals surface area contributed by atoms with E-state index in [9.17, 15) is 14.0 Å². The van der Waals surface area contributed by atoms with E-state index in [0.29, 0.717) is 11.1 Å². The van der Waals surface area contributed by atoms with E-state index in [-0.39, 0.29) is 24.7 Å². The van der Waals surface area contributed by atoms with Gasteiger partial charge in [-0.05, 0) is 43.3 Å². The van der Waals surface area contributed by atoms with Crippen molar-refractivity contribution in [2.45, 2.75) is 6.92 Å². The molecule has 2 rings (SSSR count). The fourth-order valence-corrected chi connectivity index (χ4v) is 1.88. The van der Waals surface area contributed by atoms with Gasteiger partial charge in [-0.3, -0.25) is 4.79 Å². The lowest BCUT2D eigenvalue weighted by Crippen LogP contribution is -2.16. The Hall–Kier alpha value is -2.69. The molecular weight excluding hydrogens is 287 g/mol. The van der Waals surface area contributed by atoms with Crippen molar-refractivity contribution < 1.29 is 23.5 Å². The molecule has 0 N–H and O–H groups in total. The largest absolute Gasteiger partial charge is 0.481 e. The fourth-order valence-electron chi connectivity index (χ4n) is 1.88. The summed E-state index contributed by atoms with van der Waals surface area (Å²) in [5.74, 6) is -0.945. The molecule has 5 heteroatoms. The average Bonchev–Trinajstić information content (AvgIpc) is 2.53. The van der Waals surface area contributed by atoms with Crippen molar-refractivity contribution in [2.24, 2.45) is 0 Å². The highest BCUT2D eigenvalue weighted by Gasteiger charge is 2.15. The number of carbonyl (C=O) groups is 2. The summed E-state index contributed by atoms with van der Waals surface area (Å²) in [7, 11) is 0. The summed E-state index contributed by atoms with van der Waals surface area (Å²) < 4.78 is 23.0. The van der Waals surface area contributed by atoms with E-state index >= 15 is 0 Å². The van der Waals surface area contributed by atoms with Gasteiger partial charge in [0.25, 0.3) is 0 Å². The molecule has 0 radical (unpaired) electrons. The third-order valence-electron chi connectivity index (χ3n) is 2.89. The predicted molar refractivity (Wildman–Crippen MR) is 78.4 cm³/mol. The zero-order valence-electron chi connectivity index (χ0n) is 12.0. The molecule has 0 aromatic heterocycles. The minimum atomic E-state index is -0.508. The molecule has 0 unspecified atom stereocenters. The molecule has 114 valence electrons. The van der Waals surface area contributed by atoms with Crippen LogP contribution in [0.25, 0.3) is 0 Å². The lowest BCUT2D eigenvalue weighted by Gasteiger charge is -2.10. The quantitative estimate of drug-likeness (QED) is 0.608. The van der Waals surface area contributed by atoms with Crippen LogP contribution in [-0.4, -0.2) is 25.0 Å². The summed E-state index contributed by atoms with van der Waals surface area (Å²) in [6, 6.07) is 11.8. The molecule has 4 nitrogen and oxygen atoms in total. The number of carbonyl (C=O) groups excluding carboxylic acids is 2. The van der Waals surface area contributed by atoms with Gasteiger partial charge in [-0.25, -0.2) is 9.18 Å². The second-order valence-corrected chi connectivity index (χ2v) is 4.43. The Balaban J connectivity index is 2.18. The van der Waals surface area contributed by atoms with Crippen LogP contribution in [0.4, 0.5) is 4.39 Å². The maximum atomic E-state index is 12.9. The monoisotopic (exact) mass is 302 g/mol. The minimum absolute atomic E-state index is 0.262. The number of rotatable bonds is 6. The van der Waals surface area contributed by atoms with Gasteiger partial charge in [-0.15, -0.1) is 0 Å². The van der Waals surface area contributed by atoms with Crippen molar-refractivity contribution >= 4 is 11.8 Å². The molecule has 0 heterocycles. The highest BCUT2D eigenvalue weighted by Crippen LogP contribution is 2.21. The molecule has 0 fully saturated rings. The summed E-state index contributed by atoms with van der Waals surface area (Å²) in [5.41, 5.74) is 0.645. The normalized spacial score (nSPS) is 10.1. The molecule has 0 aliphatic heterocycles. The molecule has 0 aliphatic carbocycles. The summed E-state index contributed by atoms with van der Waals surface area (Å²) >= 11 is 0. The SMILES string of the molecule is CCOC(=O)COc1ccccc1C(=O)c1ccc(F)cc1.